The minimum atomic E-state index is 0.0834. The van der Waals surface area contributed by atoms with E-state index in [0.29, 0.717) is 5.25 Å². The Hall–Kier alpha value is -1.34. The third-order valence-electron chi connectivity index (χ3n) is 3.68. The fourth-order valence-electron chi connectivity index (χ4n) is 2.47. The van der Waals surface area contributed by atoms with Gasteiger partial charge in [-0.25, -0.2) is 4.98 Å². The van der Waals surface area contributed by atoms with E-state index < -0.39 is 0 Å². The maximum absolute atomic E-state index is 12.2. The van der Waals surface area contributed by atoms with Gasteiger partial charge < -0.3 is 9.80 Å². The lowest BCUT2D eigenvalue weighted by molar-refractivity contribution is -0.127. The van der Waals surface area contributed by atoms with Crippen molar-refractivity contribution in [3.05, 3.63) is 22.2 Å². The first-order valence-corrected chi connectivity index (χ1v) is 9.17. The smallest absolute Gasteiger partial charge is 0.246 e. The fraction of sp³-hybridized carbons (Fsp3) is 0.533. The van der Waals surface area contributed by atoms with Crippen LogP contribution >= 0.6 is 23.1 Å². The van der Waals surface area contributed by atoms with Crippen molar-refractivity contribution in [3.63, 3.8) is 0 Å². The number of aromatic nitrogens is 1. The van der Waals surface area contributed by atoms with Gasteiger partial charge in [-0.3, -0.25) is 9.79 Å². The first-order chi connectivity index (χ1) is 10.6. The molecule has 1 saturated heterocycles. The van der Waals surface area contributed by atoms with Gasteiger partial charge in [-0.1, -0.05) is 18.7 Å². The van der Waals surface area contributed by atoms with Crippen LogP contribution in [0.3, 0.4) is 0 Å². The molecule has 1 aromatic rings. The molecule has 0 aromatic carbocycles. The molecule has 1 fully saturated rings. The lowest BCUT2D eigenvalue weighted by Gasteiger charge is -2.35. The fourth-order valence-corrected chi connectivity index (χ4v) is 4.15. The van der Waals surface area contributed by atoms with Crippen LogP contribution in [0.2, 0.25) is 0 Å². The molecule has 0 N–H and O–H groups in total. The molecule has 1 aromatic heterocycles. The molecule has 1 atom stereocenters. The van der Waals surface area contributed by atoms with E-state index in [0.717, 1.165) is 47.8 Å². The third-order valence-corrected chi connectivity index (χ3v) is 5.71. The molecule has 2 aliphatic heterocycles. The topological polar surface area (TPSA) is 48.8 Å². The molecule has 1 amide bonds. The number of amides is 1. The predicted molar refractivity (Wildman–Crippen MR) is 93.4 cm³/mol. The molecule has 0 bridgehead atoms. The Morgan fingerprint density at radius 1 is 1.36 bits per heavy atom. The van der Waals surface area contributed by atoms with Crippen molar-refractivity contribution in [3.8, 4) is 0 Å². The average Bonchev–Trinajstić information content (AvgIpc) is 3.13. The molecule has 0 radical (unpaired) electrons. The number of nitrogens with zero attached hydrogens (tertiary/aromatic N) is 4. The van der Waals surface area contributed by atoms with Crippen molar-refractivity contribution < 1.29 is 4.79 Å². The zero-order valence-corrected chi connectivity index (χ0v) is 14.5. The van der Waals surface area contributed by atoms with Crippen LogP contribution in [0.4, 0.5) is 0 Å². The summed E-state index contributed by atoms with van der Waals surface area (Å²) in [5, 5.41) is 2.75. The molecular formula is C15H20N4OS2. The van der Waals surface area contributed by atoms with E-state index in [1.807, 2.05) is 29.7 Å². The highest BCUT2D eigenvalue weighted by molar-refractivity contribution is 8.14. The van der Waals surface area contributed by atoms with Gasteiger partial charge in [-0.05, 0) is 13.0 Å². The summed E-state index contributed by atoms with van der Waals surface area (Å²) in [6.07, 6.45) is 5.32. The van der Waals surface area contributed by atoms with Crippen molar-refractivity contribution in [2.24, 2.45) is 4.99 Å². The maximum atomic E-state index is 12.2. The second kappa shape index (κ2) is 6.83. The lowest BCUT2D eigenvalue weighted by Crippen LogP contribution is -2.49. The second-order valence-electron chi connectivity index (χ2n) is 5.48. The molecule has 5 nitrogen and oxygen atoms in total. The van der Waals surface area contributed by atoms with Crippen molar-refractivity contribution >= 4 is 40.2 Å². The van der Waals surface area contributed by atoms with E-state index in [1.165, 1.54) is 0 Å². The Balaban J connectivity index is 1.50. The van der Waals surface area contributed by atoms with Gasteiger partial charge in [0.15, 0.2) is 5.17 Å². The summed E-state index contributed by atoms with van der Waals surface area (Å²) in [4.78, 5) is 26.2. The Bertz CT molecular complexity index is 602. The molecule has 0 spiro atoms. The van der Waals surface area contributed by atoms with E-state index in [9.17, 15) is 4.79 Å². The number of thiazole rings is 1. The van der Waals surface area contributed by atoms with Gasteiger partial charge in [-0.15, -0.1) is 11.3 Å². The largest absolute Gasteiger partial charge is 0.348 e. The number of piperazine rings is 1. The molecule has 3 heterocycles. The van der Waals surface area contributed by atoms with Crippen LogP contribution in [0.15, 0.2) is 17.3 Å². The molecule has 0 unspecified atom stereocenters. The highest BCUT2D eigenvalue weighted by Gasteiger charge is 2.25. The number of aryl methyl sites for hydroxylation is 1. The van der Waals surface area contributed by atoms with Gasteiger partial charge in [-0.2, -0.15) is 0 Å². The van der Waals surface area contributed by atoms with Crippen molar-refractivity contribution in [1.82, 2.24) is 14.8 Å². The van der Waals surface area contributed by atoms with Crippen LogP contribution in [0.1, 0.15) is 16.8 Å². The zero-order chi connectivity index (χ0) is 15.5. The molecule has 118 valence electrons. The maximum Gasteiger partial charge on any atom is 0.246 e. The van der Waals surface area contributed by atoms with Crippen LogP contribution in [0, 0.1) is 6.92 Å². The van der Waals surface area contributed by atoms with Crippen LogP contribution in [0.5, 0.6) is 0 Å². The number of hydrogen-bond acceptors (Lipinski definition) is 6. The van der Waals surface area contributed by atoms with Gasteiger partial charge in [0.25, 0.3) is 0 Å². The summed E-state index contributed by atoms with van der Waals surface area (Å²) in [6, 6.07) is 0. The number of hydrogen-bond donors (Lipinski definition) is 0. The van der Waals surface area contributed by atoms with Crippen LogP contribution < -0.4 is 0 Å². The highest BCUT2D eigenvalue weighted by atomic mass is 32.2. The van der Waals surface area contributed by atoms with E-state index in [-0.39, 0.29) is 5.91 Å². The van der Waals surface area contributed by atoms with E-state index in [1.54, 1.807) is 23.6 Å². The number of rotatable bonds is 2. The Labute approximate surface area is 139 Å². The zero-order valence-electron chi connectivity index (χ0n) is 12.9. The number of aliphatic imine (C=N–C) groups is 1. The molecule has 22 heavy (non-hydrogen) atoms. The quantitative estimate of drug-likeness (QED) is 0.776. The molecule has 7 heteroatoms. The normalized spacial score (nSPS) is 22.5. The van der Waals surface area contributed by atoms with Crippen molar-refractivity contribution in [2.75, 3.05) is 32.7 Å². The average molecular weight is 336 g/mol. The predicted octanol–water partition coefficient (Wildman–Crippen LogP) is 2.10. The van der Waals surface area contributed by atoms with Gasteiger partial charge in [0.1, 0.15) is 0 Å². The minimum absolute atomic E-state index is 0.0834. The Morgan fingerprint density at radius 3 is 2.73 bits per heavy atom. The monoisotopic (exact) mass is 336 g/mol. The Morgan fingerprint density at radius 2 is 2.14 bits per heavy atom. The summed E-state index contributed by atoms with van der Waals surface area (Å²) >= 11 is 3.44. The molecule has 0 saturated carbocycles. The van der Waals surface area contributed by atoms with Crippen molar-refractivity contribution in [2.45, 2.75) is 19.1 Å². The minimum Gasteiger partial charge on any atom is -0.348 e. The number of thioether (sulfide) groups is 1. The summed E-state index contributed by atoms with van der Waals surface area (Å²) < 4.78 is 0. The number of amidine groups is 1. The summed E-state index contributed by atoms with van der Waals surface area (Å²) in [6.45, 7) is 8.35. The van der Waals surface area contributed by atoms with Crippen LogP contribution in [-0.2, 0) is 4.79 Å². The standard InChI is InChI=1S/C15H20N4OS2/c1-11-9-17-15(21-11)19-7-5-18(6-8-19)14(20)4-3-13-10-16-12(2)22-13/h3-4,10-11H,5-9H2,1-2H3/b4-3-/t11-/m0/s1. The molecule has 3 rings (SSSR count). The lowest BCUT2D eigenvalue weighted by atomic mass is 10.3. The first-order valence-electron chi connectivity index (χ1n) is 7.47. The molecule has 0 aliphatic carbocycles. The Kier molecular flexibility index (Phi) is 4.83. The van der Waals surface area contributed by atoms with E-state index in [4.69, 9.17) is 0 Å². The van der Waals surface area contributed by atoms with Gasteiger partial charge in [0, 0.05) is 48.6 Å². The van der Waals surface area contributed by atoms with Crippen LogP contribution in [0.25, 0.3) is 6.08 Å². The molecular weight excluding hydrogens is 316 g/mol. The van der Waals surface area contributed by atoms with Gasteiger partial charge in [0.05, 0.1) is 11.6 Å². The third kappa shape index (κ3) is 3.70. The highest BCUT2D eigenvalue weighted by Crippen LogP contribution is 2.23. The summed E-state index contributed by atoms with van der Waals surface area (Å²) in [5.74, 6) is 0.0834. The second-order valence-corrected chi connectivity index (χ2v) is 8.15. The van der Waals surface area contributed by atoms with Gasteiger partial charge in [0.2, 0.25) is 5.91 Å². The number of carbonyl (C=O) groups excluding carboxylic acids is 1. The van der Waals surface area contributed by atoms with E-state index in [2.05, 4.69) is 21.8 Å². The SMILES string of the molecule is Cc1ncc(/C=C\C(=O)N2CCN(C3=NC[C@H](C)S3)CC2)s1. The summed E-state index contributed by atoms with van der Waals surface area (Å²) in [7, 11) is 0. The van der Waals surface area contributed by atoms with E-state index >= 15 is 0 Å². The van der Waals surface area contributed by atoms with Crippen molar-refractivity contribution in [1.29, 1.82) is 0 Å². The summed E-state index contributed by atoms with van der Waals surface area (Å²) in [5.41, 5.74) is 0. The van der Waals surface area contributed by atoms with Crippen LogP contribution in [-0.4, -0.2) is 63.8 Å². The van der Waals surface area contributed by atoms with Gasteiger partial charge >= 0.3 is 0 Å². The molecule has 2 aliphatic rings. The number of carbonyl (C=O) groups is 1. The first kappa shape index (κ1) is 15.6.